The summed E-state index contributed by atoms with van der Waals surface area (Å²) < 4.78 is 20.9. The van der Waals surface area contributed by atoms with Crippen LogP contribution in [0.15, 0.2) is 65.1 Å². The van der Waals surface area contributed by atoms with Crippen molar-refractivity contribution in [1.29, 1.82) is 0 Å². The van der Waals surface area contributed by atoms with Gasteiger partial charge in [0.25, 0.3) is 0 Å². The second kappa shape index (κ2) is 6.10. The molecule has 0 heterocycles. The normalized spacial score (nSPS) is 12.3. The molecule has 0 N–H and O–H groups in total. The molecule has 2 nitrogen and oxygen atoms in total. The average molecular weight is 408 g/mol. The molecular weight excluding hydrogens is 395 g/mol. The zero-order chi connectivity index (χ0) is 14.8. The van der Waals surface area contributed by atoms with Gasteiger partial charge in [-0.3, -0.25) is 0 Å². The van der Waals surface area contributed by atoms with Crippen LogP contribution in [0.3, 0.4) is 0 Å². The Labute approximate surface area is 136 Å². The van der Waals surface area contributed by atoms with E-state index in [2.05, 4.69) is 15.9 Å². The predicted octanol–water partition coefficient (Wildman–Crippen LogP) is 3.15. The monoisotopic (exact) mass is 408 g/mol. The van der Waals surface area contributed by atoms with Crippen molar-refractivity contribution in [2.24, 2.45) is 0 Å². The molecule has 0 saturated heterocycles. The Morgan fingerprint density at radius 3 is 2.29 bits per heavy atom. The van der Waals surface area contributed by atoms with E-state index in [0.717, 1.165) is 29.9 Å². The van der Waals surface area contributed by atoms with E-state index in [1.165, 1.54) is 0 Å². The first-order valence-corrected chi connectivity index (χ1v) is 9.64. The maximum absolute atomic E-state index is 13.0. The van der Waals surface area contributed by atoms with Crippen LogP contribution >= 0.6 is 15.9 Å². The third-order valence-electron chi connectivity index (χ3n) is 3.29. The van der Waals surface area contributed by atoms with Crippen molar-refractivity contribution in [2.75, 3.05) is 7.11 Å². The minimum atomic E-state index is -2.31. The number of rotatable bonds is 3. The van der Waals surface area contributed by atoms with Crippen molar-refractivity contribution >= 4 is 49.5 Å². The van der Waals surface area contributed by atoms with E-state index in [1.807, 2.05) is 60.7 Å². The molecule has 3 aromatic carbocycles. The molecular formula is C17H13BrO2Se. The molecule has 3 rings (SSSR count). The van der Waals surface area contributed by atoms with E-state index in [4.69, 9.17) is 4.74 Å². The van der Waals surface area contributed by atoms with Crippen molar-refractivity contribution in [2.45, 2.75) is 0 Å². The summed E-state index contributed by atoms with van der Waals surface area (Å²) in [6.45, 7) is 0. The number of fused-ring (bicyclic) bond motifs is 1. The molecule has 0 saturated carbocycles. The Balaban J connectivity index is 2.13. The van der Waals surface area contributed by atoms with Gasteiger partial charge in [-0.2, -0.15) is 0 Å². The number of benzene rings is 3. The molecule has 0 aliphatic carbocycles. The number of hydrogen-bond donors (Lipinski definition) is 0. The van der Waals surface area contributed by atoms with Crippen molar-refractivity contribution < 1.29 is 8.57 Å². The Morgan fingerprint density at radius 2 is 1.62 bits per heavy atom. The van der Waals surface area contributed by atoms with Crippen molar-refractivity contribution in [3.05, 3.63) is 65.1 Å². The second-order valence-electron chi connectivity index (χ2n) is 4.54. The van der Waals surface area contributed by atoms with Gasteiger partial charge in [0.15, 0.2) is 0 Å². The van der Waals surface area contributed by atoms with E-state index >= 15 is 0 Å². The second-order valence-corrected chi connectivity index (χ2v) is 8.43. The van der Waals surface area contributed by atoms with Gasteiger partial charge >= 0.3 is 136 Å². The van der Waals surface area contributed by atoms with Crippen LogP contribution in [0.2, 0.25) is 0 Å². The SMILES string of the molecule is COc1ccc([Se](=O)c2cccc3cccc(Br)c23)cc1. The zero-order valence-corrected chi connectivity index (χ0v) is 14.7. The predicted molar refractivity (Wildman–Crippen MR) is 90.4 cm³/mol. The van der Waals surface area contributed by atoms with Crippen LogP contribution in [0.5, 0.6) is 5.75 Å². The summed E-state index contributed by atoms with van der Waals surface area (Å²) in [7, 11) is 1.63. The fourth-order valence-electron chi connectivity index (χ4n) is 2.24. The number of methoxy groups -OCH3 is 1. The molecule has 0 bridgehead atoms. The molecule has 0 aliphatic rings. The molecule has 0 aromatic heterocycles. The summed E-state index contributed by atoms with van der Waals surface area (Å²) in [5.74, 6) is 0.775. The first-order valence-electron chi connectivity index (χ1n) is 6.44. The standard InChI is InChI=1S/C17H13BrO2Se/c1-20-13-8-10-14(11-9-13)21(19)16-7-3-5-12-4-2-6-15(18)17(12)16/h2-11H,1H3. The Bertz CT molecular complexity index is 807. The van der Waals surface area contributed by atoms with Gasteiger partial charge in [0.05, 0.1) is 0 Å². The van der Waals surface area contributed by atoms with E-state index in [0.29, 0.717) is 0 Å². The third kappa shape index (κ3) is 2.80. The van der Waals surface area contributed by atoms with E-state index in [1.54, 1.807) is 7.11 Å². The molecule has 0 spiro atoms. The summed E-state index contributed by atoms with van der Waals surface area (Å²) >= 11 is 1.26. The van der Waals surface area contributed by atoms with Gasteiger partial charge in [-0.25, -0.2) is 0 Å². The van der Waals surface area contributed by atoms with Crippen LogP contribution in [-0.4, -0.2) is 20.9 Å². The third-order valence-corrected chi connectivity index (χ3v) is 6.97. The van der Waals surface area contributed by atoms with Crippen molar-refractivity contribution in [3.63, 3.8) is 0 Å². The van der Waals surface area contributed by atoms with Gasteiger partial charge < -0.3 is 0 Å². The van der Waals surface area contributed by atoms with Crippen molar-refractivity contribution in [1.82, 2.24) is 0 Å². The van der Waals surface area contributed by atoms with Crippen LogP contribution in [0.4, 0.5) is 0 Å². The Hall–Kier alpha value is -1.48. The fourth-order valence-corrected chi connectivity index (χ4v) is 5.76. The van der Waals surface area contributed by atoms with Crippen LogP contribution < -0.4 is 13.7 Å². The molecule has 1 atom stereocenters. The zero-order valence-electron chi connectivity index (χ0n) is 11.4. The molecule has 1 unspecified atom stereocenters. The number of hydrogen-bond acceptors (Lipinski definition) is 2. The molecule has 106 valence electrons. The summed E-state index contributed by atoms with van der Waals surface area (Å²) in [4.78, 5) is 0. The van der Waals surface area contributed by atoms with Crippen molar-refractivity contribution in [3.8, 4) is 5.75 Å². The van der Waals surface area contributed by atoms with E-state index < -0.39 is 13.8 Å². The summed E-state index contributed by atoms with van der Waals surface area (Å²) in [5.41, 5.74) is 0. The molecule has 0 amide bonds. The average Bonchev–Trinajstić information content (AvgIpc) is 2.54. The summed E-state index contributed by atoms with van der Waals surface area (Å²) in [6.07, 6.45) is 0. The van der Waals surface area contributed by atoms with Crippen LogP contribution in [0, 0.1) is 0 Å². The number of halogens is 1. The molecule has 21 heavy (non-hydrogen) atoms. The molecule has 0 fully saturated rings. The van der Waals surface area contributed by atoms with Crippen LogP contribution in [0.1, 0.15) is 0 Å². The van der Waals surface area contributed by atoms with E-state index in [9.17, 15) is 3.83 Å². The molecule has 0 radical (unpaired) electrons. The molecule has 3 aromatic rings. The van der Waals surface area contributed by atoms with Crippen LogP contribution in [-0.2, 0) is 3.83 Å². The van der Waals surface area contributed by atoms with Gasteiger partial charge in [0.2, 0.25) is 0 Å². The first kappa shape index (κ1) is 14.5. The number of ether oxygens (including phenoxy) is 1. The minimum absolute atomic E-state index is 0.775. The topological polar surface area (TPSA) is 26.3 Å². The Kier molecular flexibility index (Phi) is 4.20. The summed E-state index contributed by atoms with van der Waals surface area (Å²) in [5, 5.41) is 2.14. The van der Waals surface area contributed by atoms with E-state index in [-0.39, 0.29) is 0 Å². The van der Waals surface area contributed by atoms with Gasteiger partial charge in [-0.05, 0) is 0 Å². The van der Waals surface area contributed by atoms with Gasteiger partial charge in [-0.15, -0.1) is 0 Å². The Morgan fingerprint density at radius 1 is 0.952 bits per heavy atom. The maximum atomic E-state index is 13.0. The van der Waals surface area contributed by atoms with Crippen LogP contribution in [0.25, 0.3) is 10.8 Å². The quantitative estimate of drug-likeness (QED) is 0.623. The molecule has 4 heteroatoms. The fraction of sp³-hybridized carbons (Fsp3) is 0.0588. The van der Waals surface area contributed by atoms with Gasteiger partial charge in [0.1, 0.15) is 0 Å². The first-order chi connectivity index (χ1) is 10.2. The summed E-state index contributed by atoms with van der Waals surface area (Å²) in [6, 6.07) is 19.4. The van der Waals surface area contributed by atoms with Gasteiger partial charge in [0, 0.05) is 0 Å². The molecule has 0 aliphatic heterocycles. The van der Waals surface area contributed by atoms with Gasteiger partial charge in [-0.1, -0.05) is 0 Å².